The third kappa shape index (κ3) is 2.12. The zero-order valence-corrected chi connectivity index (χ0v) is 4.40. The van der Waals surface area contributed by atoms with Crippen molar-refractivity contribution >= 4 is 6.29 Å². The van der Waals surface area contributed by atoms with E-state index in [1.54, 1.807) is 0 Å². The molecule has 0 spiro atoms. The van der Waals surface area contributed by atoms with Gasteiger partial charge >= 0.3 is 0 Å². The minimum Gasteiger partial charge on any atom is -0.301 e. The smallest absolute Gasteiger partial charge is 0.160 e. The maximum atomic E-state index is 9.66. The van der Waals surface area contributed by atoms with Crippen LogP contribution in [0.3, 0.4) is 0 Å². The molecule has 0 aliphatic carbocycles. The van der Waals surface area contributed by atoms with E-state index in [-0.39, 0.29) is 6.54 Å². The second kappa shape index (κ2) is 2.95. The minimum absolute atomic E-state index is 0.160. The standard InChI is InChI=1S/C3H6N2O3/c1-4(2-3-6)5(7)8/h3H,2H2,1H3. The highest BCUT2D eigenvalue weighted by molar-refractivity contribution is 5.51. The summed E-state index contributed by atoms with van der Waals surface area (Å²) in [6.45, 7) is -0.160. The highest BCUT2D eigenvalue weighted by atomic mass is 16.7. The Morgan fingerprint density at radius 2 is 2.38 bits per heavy atom. The molecule has 0 aromatic carbocycles. The average Bonchev–Trinajstić information content (AvgIpc) is 1.67. The Morgan fingerprint density at radius 3 is 2.50 bits per heavy atom. The summed E-state index contributed by atoms with van der Waals surface area (Å²) >= 11 is 0. The first-order valence-corrected chi connectivity index (χ1v) is 1.97. The molecule has 0 fully saturated rings. The predicted octanol–water partition coefficient (Wildman–Crippen LogP) is -0.691. The van der Waals surface area contributed by atoms with Crippen LogP contribution in [-0.2, 0) is 4.79 Å². The SMILES string of the molecule is CN(CC=O)[N+](=O)[O-]. The molecule has 5 nitrogen and oxygen atoms in total. The Hall–Kier alpha value is -1.13. The second-order valence-corrected chi connectivity index (χ2v) is 1.24. The van der Waals surface area contributed by atoms with Gasteiger partial charge in [-0.1, -0.05) is 0 Å². The molecule has 0 atom stereocenters. The van der Waals surface area contributed by atoms with Crippen molar-refractivity contribution in [3.63, 3.8) is 0 Å². The molecule has 0 heterocycles. The van der Waals surface area contributed by atoms with E-state index in [1.165, 1.54) is 7.05 Å². The number of carbonyl (C=O) groups is 1. The number of hydrazine groups is 1. The van der Waals surface area contributed by atoms with Crippen LogP contribution >= 0.6 is 0 Å². The molecule has 5 heteroatoms. The molecule has 0 amide bonds. The Morgan fingerprint density at radius 1 is 1.88 bits per heavy atom. The summed E-state index contributed by atoms with van der Waals surface area (Å²) in [5.41, 5.74) is 0. The minimum atomic E-state index is -0.644. The van der Waals surface area contributed by atoms with E-state index in [4.69, 9.17) is 0 Å². The third-order valence-electron chi connectivity index (χ3n) is 0.618. The van der Waals surface area contributed by atoms with Crippen molar-refractivity contribution in [2.24, 2.45) is 0 Å². The lowest BCUT2D eigenvalue weighted by molar-refractivity contribution is -0.645. The second-order valence-electron chi connectivity index (χ2n) is 1.24. The Balaban J connectivity index is 3.46. The van der Waals surface area contributed by atoms with Crippen LogP contribution in [-0.4, -0.2) is 29.9 Å². The van der Waals surface area contributed by atoms with Crippen molar-refractivity contribution in [2.45, 2.75) is 0 Å². The maximum absolute atomic E-state index is 9.66. The topological polar surface area (TPSA) is 63.5 Å². The Kier molecular flexibility index (Phi) is 2.53. The van der Waals surface area contributed by atoms with Crippen molar-refractivity contribution in [3.05, 3.63) is 10.1 Å². The molecule has 0 unspecified atom stereocenters. The molecule has 0 aromatic heterocycles. The summed E-state index contributed by atoms with van der Waals surface area (Å²) in [5, 5.41) is 9.72. The van der Waals surface area contributed by atoms with Gasteiger partial charge < -0.3 is 4.79 Å². The molecule has 0 aliphatic heterocycles. The fourth-order valence-electron chi connectivity index (χ4n) is 0.175. The molecule has 0 aliphatic rings. The van der Waals surface area contributed by atoms with Crippen molar-refractivity contribution in [3.8, 4) is 0 Å². The molecular weight excluding hydrogens is 112 g/mol. The molecule has 0 rings (SSSR count). The molecule has 0 bridgehead atoms. The quantitative estimate of drug-likeness (QED) is 0.279. The van der Waals surface area contributed by atoms with Gasteiger partial charge in [-0.15, -0.1) is 5.01 Å². The van der Waals surface area contributed by atoms with Crippen LogP contribution in [0.25, 0.3) is 0 Å². The molecule has 0 radical (unpaired) electrons. The van der Waals surface area contributed by atoms with Gasteiger partial charge in [-0.05, 0) is 0 Å². The first kappa shape index (κ1) is 6.87. The lowest BCUT2D eigenvalue weighted by Crippen LogP contribution is -2.26. The number of hydrogen-bond donors (Lipinski definition) is 0. The van der Waals surface area contributed by atoms with Crippen LogP contribution in [0.1, 0.15) is 0 Å². The zero-order valence-electron chi connectivity index (χ0n) is 4.40. The van der Waals surface area contributed by atoms with Gasteiger partial charge in [0.2, 0.25) is 0 Å². The molecule has 0 saturated heterocycles. The normalized spacial score (nSPS) is 8.12. The van der Waals surface area contributed by atoms with Gasteiger partial charge in [-0.25, -0.2) is 10.1 Å². The first-order valence-electron chi connectivity index (χ1n) is 1.97. The van der Waals surface area contributed by atoms with Crippen molar-refractivity contribution in [2.75, 3.05) is 13.6 Å². The zero-order chi connectivity index (χ0) is 6.57. The number of nitro groups is 1. The van der Waals surface area contributed by atoms with Crippen LogP contribution in [0, 0.1) is 10.1 Å². The molecule has 8 heavy (non-hydrogen) atoms. The van der Waals surface area contributed by atoms with E-state index in [2.05, 4.69) is 0 Å². The van der Waals surface area contributed by atoms with Crippen LogP contribution < -0.4 is 0 Å². The number of rotatable bonds is 3. The number of nitrogens with zero attached hydrogens (tertiary/aromatic N) is 2. The van der Waals surface area contributed by atoms with E-state index in [0.717, 1.165) is 0 Å². The highest BCUT2D eigenvalue weighted by Crippen LogP contribution is 1.75. The largest absolute Gasteiger partial charge is 0.301 e. The van der Waals surface area contributed by atoms with Crippen LogP contribution in [0.5, 0.6) is 0 Å². The summed E-state index contributed by atoms with van der Waals surface area (Å²) < 4.78 is 0. The summed E-state index contributed by atoms with van der Waals surface area (Å²) in [7, 11) is 1.23. The molecule has 0 N–H and O–H groups in total. The van der Waals surface area contributed by atoms with Crippen molar-refractivity contribution < 1.29 is 9.83 Å². The molecule has 0 saturated carbocycles. The number of carbonyl (C=O) groups excluding carboxylic acids is 1. The van der Waals surface area contributed by atoms with Gasteiger partial charge in [0.15, 0.2) is 5.03 Å². The van der Waals surface area contributed by atoms with Crippen LogP contribution in [0.15, 0.2) is 0 Å². The summed E-state index contributed by atoms with van der Waals surface area (Å²) in [6.07, 6.45) is 0.475. The average molecular weight is 118 g/mol. The first-order chi connectivity index (χ1) is 3.68. The van der Waals surface area contributed by atoms with Gasteiger partial charge in [0, 0.05) is 0 Å². The monoisotopic (exact) mass is 118 g/mol. The summed E-state index contributed by atoms with van der Waals surface area (Å²) in [5.74, 6) is 0. The Labute approximate surface area is 46.0 Å². The lowest BCUT2D eigenvalue weighted by atomic mass is 10.7. The van der Waals surface area contributed by atoms with E-state index in [1.807, 2.05) is 0 Å². The van der Waals surface area contributed by atoms with Gasteiger partial charge in [0.25, 0.3) is 0 Å². The fourth-order valence-corrected chi connectivity index (χ4v) is 0.175. The molecular formula is C3H6N2O3. The predicted molar refractivity (Wildman–Crippen MR) is 25.7 cm³/mol. The van der Waals surface area contributed by atoms with Crippen molar-refractivity contribution in [1.82, 2.24) is 5.01 Å². The van der Waals surface area contributed by atoms with E-state index in [0.29, 0.717) is 11.3 Å². The maximum Gasteiger partial charge on any atom is 0.160 e. The van der Waals surface area contributed by atoms with Gasteiger partial charge in [0.05, 0.1) is 7.05 Å². The molecule has 46 valence electrons. The van der Waals surface area contributed by atoms with Gasteiger partial charge in [-0.2, -0.15) is 0 Å². The number of aldehydes is 1. The fraction of sp³-hybridized carbons (Fsp3) is 0.667. The van der Waals surface area contributed by atoms with E-state index < -0.39 is 5.03 Å². The van der Waals surface area contributed by atoms with Gasteiger partial charge in [0.1, 0.15) is 12.8 Å². The number of hydrogen-bond acceptors (Lipinski definition) is 3. The van der Waals surface area contributed by atoms with Crippen LogP contribution in [0.2, 0.25) is 0 Å². The number of likely N-dealkylation sites (N-methyl/N-ethyl adjacent to an activating group) is 1. The Bertz CT molecular complexity index is 103. The third-order valence-corrected chi connectivity index (χ3v) is 0.618. The summed E-state index contributed by atoms with van der Waals surface area (Å²) in [6, 6.07) is 0. The van der Waals surface area contributed by atoms with E-state index >= 15 is 0 Å². The van der Waals surface area contributed by atoms with Crippen LogP contribution in [0.4, 0.5) is 0 Å². The lowest BCUT2D eigenvalue weighted by Gasteiger charge is -2.00. The summed E-state index contributed by atoms with van der Waals surface area (Å²) in [4.78, 5) is 19.2. The van der Waals surface area contributed by atoms with Crippen molar-refractivity contribution in [1.29, 1.82) is 0 Å². The molecule has 0 aromatic rings. The van der Waals surface area contributed by atoms with E-state index in [9.17, 15) is 14.9 Å². The van der Waals surface area contributed by atoms with Gasteiger partial charge in [-0.3, -0.25) is 0 Å². The highest BCUT2D eigenvalue weighted by Gasteiger charge is 2.02.